The van der Waals surface area contributed by atoms with Crippen LogP contribution in [0.15, 0.2) is 24.5 Å². The van der Waals surface area contributed by atoms with Crippen LogP contribution in [0.3, 0.4) is 0 Å². The van der Waals surface area contributed by atoms with E-state index in [1.165, 1.54) is 23.4 Å². The molecule has 0 saturated heterocycles. The van der Waals surface area contributed by atoms with Crippen molar-refractivity contribution in [3.63, 3.8) is 0 Å². The van der Waals surface area contributed by atoms with Crippen molar-refractivity contribution in [3.05, 3.63) is 30.3 Å². The SMILES string of the molecule is OCCN(CCOCC(F)(F)F)c1ncnc2cccc(F)c12. The fraction of sp³-hybridized carbons (Fsp3) is 0.429. The summed E-state index contributed by atoms with van der Waals surface area (Å²) in [4.78, 5) is 9.42. The van der Waals surface area contributed by atoms with E-state index in [0.29, 0.717) is 5.52 Å². The molecule has 1 N–H and O–H groups in total. The molecule has 2 aromatic rings. The van der Waals surface area contributed by atoms with Crippen molar-refractivity contribution in [1.29, 1.82) is 0 Å². The Kier molecular flexibility index (Phi) is 5.67. The summed E-state index contributed by atoms with van der Waals surface area (Å²) in [5, 5.41) is 9.28. The first-order chi connectivity index (χ1) is 10.9. The quantitative estimate of drug-likeness (QED) is 0.621. The van der Waals surface area contributed by atoms with E-state index in [4.69, 9.17) is 5.11 Å². The highest BCUT2D eigenvalue weighted by Crippen LogP contribution is 2.25. The molecule has 0 aliphatic rings. The summed E-state index contributed by atoms with van der Waals surface area (Å²) in [7, 11) is 0. The summed E-state index contributed by atoms with van der Waals surface area (Å²) in [6.45, 7) is -1.76. The highest BCUT2D eigenvalue weighted by Gasteiger charge is 2.27. The number of anilines is 1. The Bertz CT molecular complexity index is 646. The predicted octanol–water partition coefficient (Wildman–Crippen LogP) is 2.15. The molecule has 2 rings (SSSR count). The summed E-state index contributed by atoms with van der Waals surface area (Å²) in [6.07, 6.45) is -3.17. The van der Waals surface area contributed by atoms with Crippen LogP contribution < -0.4 is 4.90 Å². The molecular formula is C14H15F4N3O2. The van der Waals surface area contributed by atoms with E-state index in [1.54, 1.807) is 6.07 Å². The van der Waals surface area contributed by atoms with Crippen LogP contribution in [-0.4, -0.2) is 54.2 Å². The number of aliphatic hydroxyl groups excluding tert-OH is 1. The molecular weight excluding hydrogens is 318 g/mol. The molecule has 1 aromatic carbocycles. The second-order valence-electron chi connectivity index (χ2n) is 4.71. The molecule has 23 heavy (non-hydrogen) atoms. The van der Waals surface area contributed by atoms with Crippen LogP contribution in [0.4, 0.5) is 23.4 Å². The maximum absolute atomic E-state index is 14.0. The number of aliphatic hydroxyl groups is 1. The van der Waals surface area contributed by atoms with E-state index in [-0.39, 0.29) is 37.5 Å². The van der Waals surface area contributed by atoms with Crippen molar-refractivity contribution in [2.24, 2.45) is 0 Å². The Morgan fingerprint density at radius 3 is 2.65 bits per heavy atom. The Hall–Kier alpha value is -2.00. The third-order valence-electron chi connectivity index (χ3n) is 3.03. The van der Waals surface area contributed by atoms with Gasteiger partial charge in [0.15, 0.2) is 0 Å². The first kappa shape index (κ1) is 17.4. The second kappa shape index (κ2) is 7.51. The lowest BCUT2D eigenvalue weighted by Crippen LogP contribution is -2.32. The summed E-state index contributed by atoms with van der Waals surface area (Å²) in [5.74, 6) is -0.338. The highest BCUT2D eigenvalue weighted by atomic mass is 19.4. The number of alkyl halides is 3. The zero-order chi connectivity index (χ0) is 16.9. The number of aromatic nitrogens is 2. The number of fused-ring (bicyclic) bond motifs is 1. The molecule has 0 atom stereocenters. The normalized spacial score (nSPS) is 11.9. The maximum atomic E-state index is 14.0. The lowest BCUT2D eigenvalue weighted by atomic mass is 10.2. The largest absolute Gasteiger partial charge is 0.411 e. The van der Waals surface area contributed by atoms with E-state index in [0.717, 1.165) is 0 Å². The third-order valence-corrected chi connectivity index (χ3v) is 3.03. The number of nitrogens with zero attached hydrogens (tertiary/aromatic N) is 3. The minimum absolute atomic E-state index is 0.0249. The van der Waals surface area contributed by atoms with Gasteiger partial charge < -0.3 is 14.7 Å². The van der Waals surface area contributed by atoms with Gasteiger partial charge in [-0.2, -0.15) is 13.2 Å². The Balaban J connectivity index is 2.18. The summed E-state index contributed by atoms with van der Waals surface area (Å²) >= 11 is 0. The van der Waals surface area contributed by atoms with Gasteiger partial charge in [0, 0.05) is 13.1 Å². The van der Waals surface area contributed by atoms with Crippen LogP contribution in [0.5, 0.6) is 0 Å². The van der Waals surface area contributed by atoms with E-state index in [1.807, 2.05) is 0 Å². The molecule has 0 fully saturated rings. The van der Waals surface area contributed by atoms with Crippen LogP contribution >= 0.6 is 0 Å². The van der Waals surface area contributed by atoms with Gasteiger partial charge in [0.2, 0.25) is 0 Å². The Morgan fingerprint density at radius 1 is 1.17 bits per heavy atom. The predicted molar refractivity (Wildman–Crippen MR) is 75.7 cm³/mol. The molecule has 0 radical (unpaired) electrons. The number of rotatable bonds is 7. The molecule has 0 saturated carbocycles. The molecule has 126 valence electrons. The molecule has 0 amide bonds. The second-order valence-corrected chi connectivity index (χ2v) is 4.71. The van der Waals surface area contributed by atoms with Crippen LogP contribution in [-0.2, 0) is 4.74 Å². The minimum Gasteiger partial charge on any atom is -0.395 e. The Morgan fingerprint density at radius 2 is 1.96 bits per heavy atom. The first-order valence-electron chi connectivity index (χ1n) is 6.82. The van der Waals surface area contributed by atoms with Crippen LogP contribution in [0.2, 0.25) is 0 Å². The number of benzene rings is 1. The van der Waals surface area contributed by atoms with E-state index in [2.05, 4.69) is 14.7 Å². The van der Waals surface area contributed by atoms with Crippen LogP contribution in [0.1, 0.15) is 0 Å². The smallest absolute Gasteiger partial charge is 0.395 e. The lowest BCUT2D eigenvalue weighted by molar-refractivity contribution is -0.173. The molecule has 0 unspecified atom stereocenters. The summed E-state index contributed by atoms with van der Waals surface area (Å²) < 4.78 is 54.8. The third kappa shape index (κ3) is 4.73. The summed E-state index contributed by atoms with van der Waals surface area (Å²) in [5.41, 5.74) is 0.370. The molecule has 5 nitrogen and oxygen atoms in total. The van der Waals surface area contributed by atoms with Crippen molar-refractivity contribution in [2.45, 2.75) is 6.18 Å². The van der Waals surface area contributed by atoms with Crippen molar-refractivity contribution in [3.8, 4) is 0 Å². The van der Waals surface area contributed by atoms with E-state index in [9.17, 15) is 17.6 Å². The highest BCUT2D eigenvalue weighted by molar-refractivity contribution is 5.89. The Labute approximate surface area is 129 Å². The van der Waals surface area contributed by atoms with Gasteiger partial charge in [0.05, 0.1) is 24.1 Å². The molecule has 0 bridgehead atoms. The number of halogens is 4. The standard InChI is InChI=1S/C14H15F4N3O2/c15-10-2-1-3-11-12(10)13(20-9-19-11)21(4-6-22)5-7-23-8-14(16,17)18/h1-3,9,22H,4-8H2. The van der Waals surface area contributed by atoms with Gasteiger partial charge in [-0.3, -0.25) is 0 Å². The molecule has 9 heteroatoms. The van der Waals surface area contributed by atoms with Gasteiger partial charge in [-0.1, -0.05) is 6.07 Å². The zero-order valence-corrected chi connectivity index (χ0v) is 12.1. The van der Waals surface area contributed by atoms with Crippen LogP contribution in [0, 0.1) is 5.82 Å². The lowest BCUT2D eigenvalue weighted by Gasteiger charge is -2.24. The van der Waals surface area contributed by atoms with Gasteiger partial charge in [-0.15, -0.1) is 0 Å². The van der Waals surface area contributed by atoms with Crippen LogP contribution in [0.25, 0.3) is 10.9 Å². The van der Waals surface area contributed by atoms with Gasteiger partial charge in [0.25, 0.3) is 0 Å². The first-order valence-corrected chi connectivity index (χ1v) is 6.82. The minimum atomic E-state index is -4.41. The van der Waals surface area contributed by atoms with Gasteiger partial charge in [-0.05, 0) is 12.1 Å². The fourth-order valence-electron chi connectivity index (χ4n) is 2.10. The number of ether oxygens (including phenoxy) is 1. The average molecular weight is 333 g/mol. The van der Waals surface area contributed by atoms with Gasteiger partial charge >= 0.3 is 6.18 Å². The summed E-state index contributed by atoms with van der Waals surface area (Å²) in [6, 6.07) is 4.34. The average Bonchev–Trinajstić information content (AvgIpc) is 2.49. The molecule has 0 aliphatic heterocycles. The number of hydrogen-bond donors (Lipinski definition) is 1. The molecule has 0 aliphatic carbocycles. The molecule has 0 spiro atoms. The van der Waals surface area contributed by atoms with Gasteiger partial charge in [-0.25, -0.2) is 14.4 Å². The van der Waals surface area contributed by atoms with Crippen molar-refractivity contribution < 1.29 is 27.4 Å². The zero-order valence-electron chi connectivity index (χ0n) is 12.1. The van der Waals surface area contributed by atoms with Crippen molar-refractivity contribution >= 4 is 16.7 Å². The molecule has 1 heterocycles. The van der Waals surface area contributed by atoms with E-state index < -0.39 is 18.6 Å². The van der Waals surface area contributed by atoms with E-state index >= 15 is 0 Å². The van der Waals surface area contributed by atoms with Crippen molar-refractivity contribution in [2.75, 3.05) is 37.8 Å². The number of hydrogen-bond acceptors (Lipinski definition) is 5. The topological polar surface area (TPSA) is 58.5 Å². The fourth-order valence-corrected chi connectivity index (χ4v) is 2.10. The van der Waals surface area contributed by atoms with Gasteiger partial charge in [0.1, 0.15) is 24.6 Å². The monoisotopic (exact) mass is 333 g/mol. The maximum Gasteiger partial charge on any atom is 0.411 e. The van der Waals surface area contributed by atoms with Crippen molar-refractivity contribution in [1.82, 2.24) is 9.97 Å². The molecule has 1 aromatic heterocycles.